The van der Waals surface area contributed by atoms with Gasteiger partial charge in [-0.2, -0.15) is 0 Å². The number of carbonyl (C=O) groups is 3. The Balaban J connectivity index is 1.63. The van der Waals surface area contributed by atoms with Crippen LogP contribution in [0.5, 0.6) is 0 Å². The predicted molar refractivity (Wildman–Crippen MR) is 156 cm³/mol. The van der Waals surface area contributed by atoms with Crippen molar-refractivity contribution in [2.24, 2.45) is 5.92 Å². The zero-order chi connectivity index (χ0) is 28.9. The summed E-state index contributed by atoms with van der Waals surface area (Å²) in [4.78, 5) is 41.7. The largest absolute Gasteiger partial charge is 0.354 e. The van der Waals surface area contributed by atoms with Gasteiger partial charge in [0.15, 0.2) is 0 Å². The molecule has 0 saturated carbocycles. The number of carbonyl (C=O) groups excluding carboxylic acids is 3. The number of sulfonamides is 1. The Bertz CT molecular complexity index is 1480. The fourth-order valence-corrected chi connectivity index (χ4v) is 6.39. The van der Waals surface area contributed by atoms with Crippen LogP contribution in [0.2, 0.25) is 0 Å². The molecule has 0 radical (unpaired) electrons. The van der Waals surface area contributed by atoms with Gasteiger partial charge in [-0.15, -0.1) is 0 Å². The molecule has 0 spiro atoms. The molecule has 0 aromatic heterocycles. The van der Waals surface area contributed by atoms with Crippen LogP contribution in [0.3, 0.4) is 0 Å². The summed E-state index contributed by atoms with van der Waals surface area (Å²) in [6.45, 7) is 4.24. The molecule has 40 heavy (non-hydrogen) atoms. The fourth-order valence-electron chi connectivity index (χ4n) is 4.56. The first-order valence-corrected chi connectivity index (χ1v) is 15.3. The molecular formula is C30H32BrN3O5S. The summed E-state index contributed by atoms with van der Waals surface area (Å²) in [5, 5.41) is 2.96. The molecule has 8 nitrogen and oxygen atoms in total. The van der Waals surface area contributed by atoms with Crippen molar-refractivity contribution in [3.05, 3.63) is 100 Å². The lowest BCUT2D eigenvalue weighted by Gasteiger charge is -2.32. The van der Waals surface area contributed by atoms with Crippen molar-refractivity contribution >= 4 is 43.7 Å². The molecule has 0 unspecified atom stereocenters. The predicted octanol–water partition coefficient (Wildman–Crippen LogP) is 4.40. The van der Waals surface area contributed by atoms with E-state index >= 15 is 0 Å². The number of amides is 3. The highest BCUT2D eigenvalue weighted by Crippen LogP contribution is 2.30. The molecule has 1 aliphatic rings. The van der Waals surface area contributed by atoms with E-state index in [1.165, 1.54) is 17.0 Å². The van der Waals surface area contributed by atoms with Crippen LogP contribution in [-0.4, -0.2) is 54.5 Å². The Morgan fingerprint density at radius 1 is 0.925 bits per heavy atom. The Morgan fingerprint density at radius 2 is 1.57 bits per heavy atom. The van der Waals surface area contributed by atoms with E-state index in [1.54, 1.807) is 12.1 Å². The molecule has 1 heterocycles. The number of fused-ring (bicyclic) bond motifs is 1. The molecule has 4 rings (SSSR count). The van der Waals surface area contributed by atoms with Crippen LogP contribution in [0.4, 0.5) is 0 Å². The van der Waals surface area contributed by atoms with E-state index < -0.39 is 27.9 Å². The molecule has 0 saturated heterocycles. The van der Waals surface area contributed by atoms with Crippen LogP contribution in [0.1, 0.15) is 41.8 Å². The average molecular weight is 627 g/mol. The summed E-state index contributed by atoms with van der Waals surface area (Å²) in [6.07, 6.45) is 0.0116. The number of benzene rings is 3. The third kappa shape index (κ3) is 6.79. The molecule has 1 atom stereocenters. The molecule has 3 aromatic carbocycles. The number of halogens is 1. The Kier molecular flexibility index (Phi) is 9.42. The number of nitrogens with one attached hydrogen (secondary N) is 1. The zero-order valence-corrected chi connectivity index (χ0v) is 24.8. The van der Waals surface area contributed by atoms with E-state index in [9.17, 15) is 22.8 Å². The number of hydrogen-bond donors (Lipinski definition) is 1. The molecule has 0 bridgehead atoms. The smallest absolute Gasteiger partial charge is 0.269 e. The van der Waals surface area contributed by atoms with Gasteiger partial charge in [-0.3, -0.25) is 14.4 Å². The third-order valence-electron chi connectivity index (χ3n) is 6.66. The van der Waals surface area contributed by atoms with E-state index in [4.69, 9.17) is 0 Å². The Morgan fingerprint density at radius 3 is 2.23 bits per heavy atom. The molecule has 3 aromatic rings. The lowest BCUT2D eigenvalue weighted by atomic mass is 10.0. The first-order valence-electron chi connectivity index (χ1n) is 13.1. The van der Waals surface area contributed by atoms with Crippen molar-refractivity contribution in [3.8, 4) is 0 Å². The summed E-state index contributed by atoms with van der Waals surface area (Å²) in [7, 11) is -4.06. The van der Waals surface area contributed by atoms with Gasteiger partial charge in [0.25, 0.3) is 15.9 Å². The number of hydrogen-bond acceptors (Lipinski definition) is 5. The van der Waals surface area contributed by atoms with Gasteiger partial charge in [-0.25, -0.2) is 12.7 Å². The summed E-state index contributed by atoms with van der Waals surface area (Å²) < 4.78 is 27.7. The second kappa shape index (κ2) is 12.8. The fraction of sp³-hybridized carbons (Fsp3) is 0.300. The quantitative estimate of drug-likeness (QED) is 0.340. The highest BCUT2D eigenvalue weighted by molar-refractivity contribution is 9.10. The first kappa shape index (κ1) is 29.5. The van der Waals surface area contributed by atoms with Gasteiger partial charge in [0.1, 0.15) is 10.9 Å². The van der Waals surface area contributed by atoms with Gasteiger partial charge in [0.2, 0.25) is 11.8 Å². The number of rotatable bonds is 11. The van der Waals surface area contributed by atoms with Gasteiger partial charge in [-0.1, -0.05) is 84.4 Å². The minimum atomic E-state index is -4.06. The van der Waals surface area contributed by atoms with E-state index in [-0.39, 0.29) is 48.2 Å². The molecule has 1 N–H and O–H groups in total. The highest BCUT2D eigenvalue weighted by atomic mass is 79.9. The summed E-state index contributed by atoms with van der Waals surface area (Å²) in [5.74, 6) is -1.16. The molecule has 0 fully saturated rings. The Labute approximate surface area is 243 Å². The Hall–Kier alpha value is -3.50. The zero-order valence-electron chi connectivity index (χ0n) is 22.4. The van der Waals surface area contributed by atoms with Crippen molar-refractivity contribution in [3.63, 3.8) is 0 Å². The third-order valence-corrected chi connectivity index (χ3v) is 9.03. The van der Waals surface area contributed by atoms with Gasteiger partial charge >= 0.3 is 0 Å². The molecule has 3 amide bonds. The summed E-state index contributed by atoms with van der Waals surface area (Å²) in [6, 6.07) is 22.0. The second-order valence-corrected chi connectivity index (χ2v) is 12.9. The minimum absolute atomic E-state index is 0.0609. The van der Waals surface area contributed by atoms with Crippen LogP contribution < -0.4 is 5.32 Å². The average Bonchev–Trinajstić information content (AvgIpc) is 3.14. The lowest BCUT2D eigenvalue weighted by Crippen LogP contribution is -2.51. The minimum Gasteiger partial charge on any atom is -0.354 e. The van der Waals surface area contributed by atoms with Crippen molar-refractivity contribution < 1.29 is 22.8 Å². The molecule has 1 aliphatic heterocycles. The van der Waals surface area contributed by atoms with Crippen LogP contribution in [-0.2, 0) is 32.6 Å². The molecule has 0 aliphatic carbocycles. The van der Waals surface area contributed by atoms with Crippen LogP contribution in [0.25, 0.3) is 0 Å². The van der Waals surface area contributed by atoms with E-state index in [1.807, 2.05) is 68.4 Å². The van der Waals surface area contributed by atoms with Crippen LogP contribution in [0, 0.1) is 5.92 Å². The van der Waals surface area contributed by atoms with E-state index in [0.717, 1.165) is 19.9 Å². The topological polar surface area (TPSA) is 104 Å². The van der Waals surface area contributed by atoms with E-state index in [2.05, 4.69) is 21.2 Å². The monoisotopic (exact) mass is 625 g/mol. The lowest BCUT2D eigenvalue weighted by molar-refractivity contribution is -0.141. The van der Waals surface area contributed by atoms with E-state index in [0.29, 0.717) is 6.54 Å². The van der Waals surface area contributed by atoms with Crippen LogP contribution in [0.15, 0.2) is 88.2 Å². The van der Waals surface area contributed by atoms with Crippen molar-refractivity contribution in [2.75, 3.05) is 13.1 Å². The number of nitrogens with zero attached hydrogens (tertiary/aromatic N) is 2. The maximum atomic E-state index is 13.8. The van der Waals surface area contributed by atoms with Gasteiger partial charge in [0.05, 0.1) is 5.56 Å². The van der Waals surface area contributed by atoms with Crippen molar-refractivity contribution in [1.82, 2.24) is 14.5 Å². The van der Waals surface area contributed by atoms with Crippen molar-refractivity contribution in [1.29, 1.82) is 0 Å². The molecular weight excluding hydrogens is 594 g/mol. The molecule has 10 heteroatoms. The van der Waals surface area contributed by atoms with Gasteiger partial charge in [-0.05, 0) is 41.3 Å². The summed E-state index contributed by atoms with van der Waals surface area (Å²) >= 11 is 3.42. The highest BCUT2D eigenvalue weighted by Gasteiger charge is 2.41. The van der Waals surface area contributed by atoms with Crippen LogP contribution >= 0.6 is 15.9 Å². The van der Waals surface area contributed by atoms with Gasteiger partial charge < -0.3 is 10.2 Å². The van der Waals surface area contributed by atoms with Gasteiger partial charge in [0, 0.05) is 36.9 Å². The molecule has 210 valence electrons. The SMILES string of the molecule is CC(C)CNC(=O)[C@@H](Cc1ccccc1)N(Cc1ccc(Br)cc1)C(=O)CCN1C(=O)c2ccccc2S1(=O)=O. The summed E-state index contributed by atoms with van der Waals surface area (Å²) in [5.41, 5.74) is 1.79. The normalized spacial score (nSPS) is 14.6. The second-order valence-electron chi connectivity index (χ2n) is 10.1. The standard InChI is InChI=1S/C30H32BrN3O5S/c1-21(2)19-32-29(36)26(18-22-8-4-3-5-9-22)33(20-23-12-14-24(31)15-13-23)28(35)16-17-34-30(37)25-10-6-7-11-27(25)40(34,38)39/h3-15,21,26H,16-20H2,1-2H3,(H,32,36)/t26-/m1/s1. The first-order chi connectivity index (χ1) is 19.1. The maximum Gasteiger partial charge on any atom is 0.269 e. The maximum absolute atomic E-state index is 13.8. The van der Waals surface area contributed by atoms with Crippen molar-refractivity contribution in [2.45, 2.75) is 44.2 Å².